The van der Waals surface area contributed by atoms with Gasteiger partial charge in [-0.2, -0.15) is 0 Å². The molecule has 2 rings (SSSR count). The maximum Gasteiger partial charge on any atom is 0.315 e. The van der Waals surface area contributed by atoms with E-state index < -0.39 is 6.04 Å². The molecule has 1 aliphatic heterocycles. The number of aryl methyl sites for hydroxylation is 1. The number of hydrogen-bond acceptors (Lipinski definition) is 3. The molecule has 0 unspecified atom stereocenters. The average molecular weight is 319 g/mol. The molecule has 3 amide bonds. The van der Waals surface area contributed by atoms with Crippen LogP contribution in [-0.2, 0) is 4.79 Å². The minimum atomic E-state index is -0.478. The third-order valence-corrected chi connectivity index (χ3v) is 3.90. The van der Waals surface area contributed by atoms with Gasteiger partial charge >= 0.3 is 6.03 Å². The van der Waals surface area contributed by atoms with Gasteiger partial charge in [0, 0.05) is 6.54 Å². The lowest BCUT2D eigenvalue weighted by atomic mass is 9.94. The van der Waals surface area contributed by atoms with E-state index >= 15 is 0 Å². The number of hydrogen-bond donors (Lipinski definition) is 3. The summed E-state index contributed by atoms with van der Waals surface area (Å²) in [6, 6.07) is 6.76. The second kappa shape index (κ2) is 7.85. The van der Waals surface area contributed by atoms with Crippen molar-refractivity contribution < 1.29 is 14.3 Å². The van der Waals surface area contributed by atoms with Crippen molar-refractivity contribution in [3.05, 3.63) is 29.8 Å². The first-order valence-corrected chi connectivity index (χ1v) is 8.00. The largest absolute Gasteiger partial charge is 0.491 e. The van der Waals surface area contributed by atoms with Crippen LogP contribution < -0.4 is 20.7 Å². The van der Waals surface area contributed by atoms with Crippen molar-refractivity contribution in [2.75, 3.05) is 13.2 Å². The Morgan fingerprint density at radius 3 is 2.96 bits per heavy atom. The zero-order chi connectivity index (χ0) is 16.8. The standard InChI is InChI=1S/C17H25N3O3/c1-11-5-4-6-14(9-11)23-10-13(3)19-17(22)20-15-12(2)7-8-18-16(15)21/h4-6,9,12-13,15H,7-8,10H2,1-3H3,(H,18,21)(H2,19,20,22)/t12-,13+,15+/m1/s1. The highest BCUT2D eigenvalue weighted by Gasteiger charge is 2.30. The Morgan fingerprint density at radius 1 is 1.48 bits per heavy atom. The van der Waals surface area contributed by atoms with Gasteiger partial charge in [0.05, 0.1) is 6.04 Å². The fraction of sp³-hybridized carbons (Fsp3) is 0.529. The zero-order valence-electron chi connectivity index (χ0n) is 13.9. The molecule has 0 bridgehead atoms. The highest BCUT2D eigenvalue weighted by molar-refractivity contribution is 5.87. The van der Waals surface area contributed by atoms with Crippen LogP contribution >= 0.6 is 0 Å². The van der Waals surface area contributed by atoms with E-state index in [4.69, 9.17) is 4.74 Å². The molecule has 0 saturated carbocycles. The molecule has 1 aliphatic rings. The SMILES string of the molecule is Cc1cccc(OC[C@H](C)NC(=O)N[C@@H]2C(=O)NCC[C@H]2C)c1. The molecule has 0 aromatic heterocycles. The van der Waals surface area contributed by atoms with Gasteiger partial charge in [0.1, 0.15) is 18.4 Å². The number of nitrogens with one attached hydrogen (secondary N) is 3. The molecule has 6 heteroatoms. The van der Waals surface area contributed by atoms with Crippen molar-refractivity contribution in [1.82, 2.24) is 16.0 Å². The van der Waals surface area contributed by atoms with Gasteiger partial charge in [0.15, 0.2) is 0 Å². The predicted octanol–water partition coefficient (Wildman–Crippen LogP) is 1.59. The van der Waals surface area contributed by atoms with Crippen LogP contribution in [0.4, 0.5) is 4.79 Å². The number of piperidine rings is 1. The van der Waals surface area contributed by atoms with E-state index in [-0.39, 0.29) is 23.9 Å². The Morgan fingerprint density at radius 2 is 2.26 bits per heavy atom. The average Bonchev–Trinajstić information content (AvgIpc) is 2.49. The molecule has 1 aromatic rings. The molecule has 0 spiro atoms. The van der Waals surface area contributed by atoms with Gasteiger partial charge < -0.3 is 20.7 Å². The quantitative estimate of drug-likeness (QED) is 0.771. The van der Waals surface area contributed by atoms with E-state index in [0.29, 0.717) is 13.2 Å². The lowest BCUT2D eigenvalue weighted by Crippen LogP contribution is -2.57. The molecule has 3 N–H and O–H groups in total. The van der Waals surface area contributed by atoms with Gasteiger partial charge in [-0.1, -0.05) is 19.1 Å². The molecule has 1 heterocycles. The summed E-state index contributed by atoms with van der Waals surface area (Å²) in [5.41, 5.74) is 1.12. The van der Waals surface area contributed by atoms with E-state index in [9.17, 15) is 9.59 Å². The van der Waals surface area contributed by atoms with Gasteiger partial charge in [-0.05, 0) is 43.9 Å². The summed E-state index contributed by atoms with van der Waals surface area (Å²) in [5.74, 6) is 0.787. The van der Waals surface area contributed by atoms with Crippen LogP contribution in [0, 0.1) is 12.8 Å². The van der Waals surface area contributed by atoms with Gasteiger partial charge in [-0.15, -0.1) is 0 Å². The number of rotatable bonds is 5. The summed E-state index contributed by atoms with van der Waals surface area (Å²) in [6.45, 7) is 6.86. The van der Waals surface area contributed by atoms with Gasteiger partial charge in [0.25, 0.3) is 0 Å². The van der Waals surface area contributed by atoms with E-state index in [2.05, 4.69) is 16.0 Å². The van der Waals surface area contributed by atoms with Crippen LogP contribution in [0.3, 0.4) is 0 Å². The summed E-state index contributed by atoms with van der Waals surface area (Å²) in [6.07, 6.45) is 0.864. The third-order valence-electron chi connectivity index (χ3n) is 3.90. The molecule has 126 valence electrons. The second-order valence-corrected chi connectivity index (χ2v) is 6.18. The molecule has 23 heavy (non-hydrogen) atoms. The predicted molar refractivity (Wildman–Crippen MR) is 88.4 cm³/mol. The van der Waals surface area contributed by atoms with Crippen molar-refractivity contribution in [1.29, 1.82) is 0 Å². The van der Waals surface area contributed by atoms with Gasteiger partial charge in [-0.25, -0.2) is 4.79 Å². The van der Waals surface area contributed by atoms with Gasteiger partial charge in [-0.3, -0.25) is 4.79 Å². The number of benzene rings is 1. The van der Waals surface area contributed by atoms with Crippen LogP contribution in [0.1, 0.15) is 25.8 Å². The van der Waals surface area contributed by atoms with Crippen LogP contribution in [-0.4, -0.2) is 37.2 Å². The maximum atomic E-state index is 12.0. The summed E-state index contributed by atoms with van der Waals surface area (Å²) in [4.78, 5) is 23.8. The van der Waals surface area contributed by atoms with E-state index in [1.54, 1.807) is 0 Å². The van der Waals surface area contributed by atoms with Crippen LogP contribution in [0.25, 0.3) is 0 Å². The number of ether oxygens (including phenoxy) is 1. The molecule has 3 atom stereocenters. The molecule has 1 fully saturated rings. The highest BCUT2D eigenvalue weighted by Crippen LogP contribution is 2.13. The molecule has 1 aromatic carbocycles. The normalized spacial score (nSPS) is 22.0. The third kappa shape index (κ3) is 5.16. The van der Waals surface area contributed by atoms with Crippen LogP contribution in [0.15, 0.2) is 24.3 Å². The maximum absolute atomic E-state index is 12.0. The number of amides is 3. The fourth-order valence-corrected chi connectivity index (χ4v) is 2.54. The molecular weight excluding hydrogens is 294 g/mol. The van der Waals surface area contributed by atoms with Crippen molar-refractivity contribution in [3.8, 4) is 5.75 Å². The molecule has 1 saturated heterocycles. The van der Waals surface area contributed by atoms with Crippen molar-refractivity contribution in [3.63, 3.8) is 0 Å². The summed E-state index contributed by atoms with van der Waals surface area (Å²) in [5, 5.41) is 8.30. The number of urea groups is 1. The van der Waals surface area contributed by atoms with Gasteiger partial charge in [0.2, 0.25) is 5.91 Å². The lowest BCUT2D eigenvalue weighted by molar-refractivity contribution is -0.125. The Hall–Kier alpha value is -2.24. The van der Waals surface area contributed by atoms with Crippen molar-refractivity contribution in [2.45, 2.75) is 39.3 Å². The number of carbonyl (C=O) groups excluding carboxylic acids is 2. The minimum absolute atomic E-state index is 0.123. The first-order chi connectivity index (χ1) is 11.0. The zero-order valence-corrected chi connectivity index (χ0v) is 13.9. The minimum Gasteiger partial charge on any atom is -0.491 e. The number of carbonyl (C=O) groups is 2. The fourth-order valence-electron chi connectivity index (χ4n) is 2.54. The Bertz CT molecular complexity index is 562. The van der Waals surface area contributed by atoms with Crippen molar-refractivity contribution in [2.24, 2.45) is 5.92 Å². The Kier molecular flexibility index (Phi) is 5.84. The topological polar surface area (TPSA) is 79.5 Å². The van der Waals surface area contributed by atoms with E-state index in [1.807, 2.05) is 45.0 Å². The highest BCUT2D eigenvalue weighted by atomic mass is 16.5. The molecule has 0 radical (unpaired) electrons. The summed E-state index contributed by atoms with van der Waals surface area (Å²) < 4.78 is 5.66. The van der Waals surface area contributed by atoms with E-state index in [1.165, 1.54) is 0 Å². The second-order valence-electron chi connectivity index (χ2n) is 6.18. The first kappa shape index (κ1) is 17.1. The summed E-state index contributed by atoms with van der Waals surface area (Å²) >= 11 is 0. The van der Waals surface area contributed by atoms with Crippen molar-refractivity contribution >= 4 is 11.9 Å². The Labute approximate surface area is 137 Å². The lowest BCUT2D eigenvalue weighted by Gasteiger charge is -2.29. The first-order valence-electron chi connectivity index (χ1n) is 8.00. The molecule has 6 nitrogen and oxygen atoms in total. The molecule has 0 aliphatic carbocycles. The summed E-state index contributed by atoms with van der Waals surface area (Å²) in [7, 11) is 0. The Balaban J connectivity index is 1.77. The smallest absolute Gasteiger partial charge is 0.315 e. The molecular formula is C17H25N3O3. The van der Waals surface area contributed by atoms with E-state index in [0.717, 1.165) is 17.7 Å². The van der Waals surface area contributed by atoms with Crippen LogP contribution in [0.5, 0.6) is 5.75 Å². The monoisotopic (exact) mass is 319 g/mol. The van der Waals surface area contributed by atoms with Crippen LogP contribution in [0.2, 0.25) is 0 Å².